The summed E-state index contributed by atoms with van der Waals surface area (Å²) >= 11 is -0.266. The van der Waals surface area contributed by atoms with Crippen LogP contribution in [0.1, 0.15) is 5.56 Å². The Labute approximate surface area is 78.9 Å². The van der Waals surface area contributed by atoms with Gasteiger partial charge in [0.15, 0.2) is 0 Å². The van der Waals surface area contributed by atoms with Crippen molar-refractivity contribution in [2.45, 2.75) is 11.1 Å². The number of rotatable bonds is 1. The summed E-state index contributed by atoms with van der Waals surface area (Å²) in [5.74, 6) is 0. The second-order valence-electron chi connectivity index (χ2n) is 2.23. The molecule has 0 aromatic heterocycles. The number of halogens is 3. The predicted octanol–water partition coefficient (Wildman–Crippen LogP) is 2.08. The molecule has 0 saturated carbocycles. The zero-order valence-electron chi connectivity index (χ0n) is 6.35. The van der Waals surface area contributed by atoms with Crippen LogP contribution >= 0.6 is 0 Å². The first-order valence-electron chi connectivity index (χ1n) is 3.25. The molecule has 0 spiro atoms. The zero-order chi connectivity index (χ0) is 9.19. The summed E-state index contributed by atoms with van der Waals surface area (Å²) < 4.78 is 37.2. The molecule has 0 unspecified atom stereocenters. The van der Waals surface area contributed by atoms with Gasteiger partial charge >= 0.3 is 78.7 Å². The van der Waals surface area contributed by atoms with Crippen LogP contribution in [0.5, 0.6) is 0 Å². The van der Waals surface area contributed by atoms with Crippen LogP contribution in [0.3, 0.4) is 0 Å². The monoisotopic (exact) mass is 290 g/mol. The van der Waals surface area contributed by atoms with E-state index in [1.165, 1.54) is 0 Å². The first kappa shape index (κ1) is 9.88. The SMILES string of the molecule is C[Te]c1ccc(C(F)(F)F)cc1. The Balaban J connectivity index is 2.93. The Hall–Kier alpha value is -0.200. The van der Waals surface area contributed by atoms with Gasteiger partial charge in [-0.15, -0.1) is 0 Å². The van der Waals surface area contributed by atoms with Crippen molar-refractivity contribution >= 4 is 24.5 Å². The van der Waals surface area contributed by atoms with Gasteiger partial charge in [0.05, 0.1) is 0 Å². The van der Waals surface area contributed by atoms with Gasteiger partial charge in [0.2, 0.25) is 0 Å². The van der Waals surface area contributed by atoms with Crippen molar-refractivity contribution in [1.82, 2.24) is 0 Å². The first-order chi connectivity index (χ1) is 5.54. The van der Waals surface area contributed by atoms with Gasteiger partial charge in [0.25, 0.3) is 0 Å². The molecule has 1 aromatic carbocycles. The minimum absolute atomic E-state index is 0.266. The summed E-state index contributed by atoms with van der Waals surface area (Å²) in [7, 11) is 0. The van der Waals surface area contributed by atoms with Crippen molar-refractivity contribution < 1.29 is 13.2 Å². The molecule has 0 atom stereocenters. The molecule has 1 rings (SSSR count). The average Bonchev–Trinajstić information content (AvgIpc) is 2.03. The fraction of sp³-hybridized carbons (Fsp3) is 0.250. The van der Waals surface area contributed by atoms with Crippen molar-refractivity contribution in [3.8, 4) is 0 Å². The van der Waals surface area contributed by atoms with Gasteiger partial charge in [-0.05, 0) is 0 Å². The van der Waals surface area contributed by atoms with Gasteiger partial charge in [-0.2, -0.15) is 0 Å². The van der Waals surface area contributed by atoms with E-state index in [1.807, 2.05) is 4.97 Å². The molecule has 0 aliphatic heterocycles. The normalized spacial score (nSPS) is 11.7. The van der Waals surface area contributed by atoms with Crippen LogP contribution in [-0.2, 0) is 6.18 Å². The summed E-state index contributed by atoms with van der Waals surface area (Å²) in [4.78, 5) is 2.04. The number of hydrogen-bond acceptors (Lipinski definition) is 0. The van der Waals surface area contributed by atoms with Crippen LogP contribution in [0.2, 0.25) is 4.97 Å². The standard InChI is InChI=1S/C8H7F3Te/c1-12-7-4-2-6(3-5-7)8(9,10)11/h2-5H,1H3. The third-order valence-corrected chi connectivity index (χ3v) is 3.54. The van der Waals surface area contributed by atoms with Crippen LogP contribution < -0.4 is 3.61 Å². The van der Waals surface area contributed by atoms with E-state index in [0.717, 1.165) is 15.7 Å². The number of benzene rings is 1. The van der Waals surface area contributed by atoms with Gasteiger partial charge in [-0.25, -0.2) is 0 Å². The van der Waals surface area contributed by atoms with Crippen LogP contribution in [-0.4, -0.2) is 20.9 Å². The molecule has 0 radical (unpaired) electrons. The Morgan fingerprint density at radius 2 is 1.58 bits per heavy atom. The van der Waals surface area contributed by atoms with Crippen molar-refractivity contribution in [3.05, 3.63) is 29.8 Å². The van der Waals surface area contributed by atoms with E-state index in [0.29, 0.717) is 0 Å². The van der Waals surface area contributed by atoms with Gasteiger partial charge in [-0.3, -0.25) is 0 Å². The van der Waals surface area contributed by atoms with Crippen LogP contribution in [0.15, 0.2) is 24.3 Å². The molecule has 0 amide bonds. The fourth-order valence-electron chi connectivity index (χ4n) is 0.780. The molecular formula is C8H7F3Te. The fourth-order valence-corrected chi connectivity index (χ4v) is 1.95. The second-order valence-corrected chi connectivity index (χ2v) is 4.74. The van der Waals surface area contributed by atoms with Crippen molar-refractivity contribution in [3.63, 3.8) is 0 Å². The average molecular weight is 288 g/mol. The summed E-state index contributed by atoms with van der Waals surface area (Å²) in [6.07, 6.45) is -4.20. The molecule has 12 heavy (non-hydrogen) atoms. The molecule has 0 saturated heterocycles. The quantitative estimate of drug-likeness (QED) is 0.694. The van der Waals surface area contributed by atoms with Crippen LogP contribution in [0.25, 0.3) is 0 Å². The number of alkyl halides is 3. The summed E-state index contributed by atoms with van der Waals surface area (Å²) in [6.45, 7) is 0. The molecule has 0 aliphatic rings. The maximum absolute atomic E-state index is 12.0. The molecule has 0 bridgehead atoms. The molecular weight excluding hydrogens is 281 g/mol. The minimum atomic E-state index is -4.20. The summed E-state index contributed by atoms with van der Waals surface area (Å²) in [5.41, 5.74) is -0.563. The summed E-state index contributed by atoms with van der Waals surface area (Å²) in [5, 5.41) is 0. The zero-order valence-corrected chi connectivity index (χ0v) is 8.68. The van der Waals surface area contributed by atoms with E-state index in [2.05, 4.69) is 0 Å². The number of hydrogen-bond donors (Lipinski definition) is 0. The predicted molar refractivity (Wildman–Crippen MR) is 42.7 cm³/mol. The van der Waals surface area contributed by atoms with Gasteiger partial charge in [-0.1, -0.05) is 0 Å². The van der Waals surface area contributed by atoms with Crippen molar-refractivity contribution in [2.75, 3.05) is 0 Å². The van der Waals surface area contributed by atoms with Crippen molar-refractivity contribution in [1.29, 1.82) is 0 Å². The first-order valence-corrected chi connectivity index (χ1v) is 6.75. The van der Waals surface area contributed by atoms with Crippen LogP contribution in [0, 0.1) is 0 Å². The molecule has 1 aromatic rings. The molecule has 0 heterocycles. The van der Waals surface area contributed by atoms with E-state index in [1.54, 1.807) is 12.1 Å². The van der Waals surface area contributed by atoms with E-state index in [-0.39, 0.29) is 20.9 Å². The van der Waals surface area contributed by atoms with E-state index in [4.69, 9.17) is 0 Å². The van der Waals surface area contributed by atoms with E-state index < -0.39 is 11.7 Å². The Bertz CT molecular complexity index is 250. The Morgan fingerprint density at radius 3 is 1.92 bits per heavy atom. The second kappa shape index (κ2) is 3.67. The Morgan fingerprint density at radius 1 is 1.08 bits per heavy atom. The third kappa shape index (κ3) is 2.40. The van der Waals surface area contributed by atoms with Crippen molar-refractivity contribution in [2.24, 2.45) is 0 Å². The third-order valence-electron chi connectivity index (χ3n) is 1.42. The van der Waals surface area contributed by atoms with E-state index >= 15 is 0 Å². The molecule has 0 fully saturated rings. The molecule has 0 aliphatic carbocycles. The molecule has 4 heteroatoms. The van der Waals surface area contributed by atoms with Gasteiger partial charge < -0.3 is 0 Å². The molecule has 0 N–H and O–H groups in total. The van der Waals surface area contributed by atoms with Gasteiger partial charge in [0.1, 0.15) is 0 Å². The maximum atomic E-state index is 12.0. The molecule has 66 valence electrons. The molecule has 0 nitrogen and oxygen atoms in total. The van der Waals surface area contributed by atoms with Crippen LogP contribution in [0.4, 0.5) is 13.2 Å². The topological polar surface area (TPSA) is 0 Å². The summed E-state index contributed by atoms with van der Waals surface area (Å²) in [6, 6.07) is 5.41. The van der Waals surface area contributed by atoms with E-state index in [9.17, 15) is 13.2 Å². The Kier molecular flexibility index (Phi) is 3.03. The van der Waals surface area contributed by atoms with Gasteiger partial charge in [0, 0.05) is 0 Å².